The van der Waals surface area contributed by atoms with Gasteiger partial charge in [-0.25, -0.2) is 0 Å². The van der Waals surface area contributed by atoms with Crippen LogP contribution >= 0.6 is 11.8 Å². The van der Waals surface area contributed by atoms with Crippen molar-refractivity contribution in [1.29, 1.82) is 0 Å². The maximum atomic E-state index is 12.1. The van der Waals surface area contributed by atoms with E-state index >= 15 is 0 Å². The number of carboxylic acid groups (broad SMARTS) is 1. The van der Waals surface area contributed by atoms with Crippen molar-refractivity contribution in [2.75, 3.05) is 11.5 Å². The Morgan fingerprint density at radius 2 is 1.88 bits per heavy atom. The van der Waals surface area contributed by atoms with Crippen LogP contribution in [0.1, 0.15) is 12.8 Å². The van der Waals surface area contributed by atoms with Crippen LogP contribution in [0.25, 0.3) is 0 Å². The maximum absolute atomic E-state index is 12.1. The SMILES string of the molecule is NC(CCSCCC(C=O)C(F)(F)F)C(=O)O. The summed E-state index contributed by atoms with van der Waals surface area (Å²) >= 11 is 1.16. The number of carboxylic acids is 1. The van der Waals surface area contributed by atoms with Gasteiger partial charge in [0.25, 0.3) is 0 Å². The molecule has 0 rings (SSSR count). The summed E-state index contributed by atoms with van der Waals surface area (Å²) in [5.74, 6) is -2.57. The highest BCUT2D eigenvalue weighted by Gasteiger charge is 2.38. The Balaban J connectivity index is 3.70. The minimum Gasteiger partial charge on any atom is -0.480 e. The summed E-state index contributed by atoms with van der Waals surface area (Å²) in [5.41, 5.74) is 5.20. The first-order valence-electron chi connectivity index (χ1n) is 4.87. The highest BCUT2D eigenvalue weighted by molar-refractivity contribution is 7.99. The molecule has 0 aromatic carbocycles. The number of hydrogen-bond donors (Lipinski definition) is 2. The van der Waals surface area contributed by atoms with Crippen LogP contribution < -0.4 is 5.73 Å². The fourth-order valence-electron chi connectivity index (χ4n) is 0.955. The molecule has 0 heterocycles. The van der Waals surface area contributed by atoms with Gasteiger partial charge in [-0.1, -0.05) is 0 Å². The van der Waals surface area contributed by atoms with Crippen molar-refractivity contribution < 1.29 is 27.9 Å². The zero-order chi connectivity index (χ0) is 13.5. The number of carbonyl (C=O) groups excluding carboxylic acids is 1. The monoisotopic (exact) mass is 273 g/mol. The van der Waals surface area contributed by atoms with Crippen LogP contribution in [-0.4, -0.2) is 41.1 Å². The predicted molar refractivity (Wildman–Crippen MR) is 57.8 cm³/mol. The molecule has 2 atom stereocenters. The molecule has 3 N–H and O–H groups in total. The molecule has 0 aliphatic carbocycles. The zero-order valence-corrected chi connectivity index (χ0v) is 9.76. The van der Waals surface area contributed by atoms with Gasteiger partial charge in [-0.3, -0.25) is 4.79 Å². The van der Waals surface area contributed by atoms with E-state index in [2.05, 4.69) is 0 Å². The Morgan fingerprint density at radius 3 is 2.29 bits per heavy atom. The van der Waals surface area contributed by atoms with Gasteiger partial charge in [0.15, 0.2) is 0 Å². The quantitative estimate of drug-likeness (QED) is 0.514. The number of aliphatic carboxylic acids is 1. The maximum Gasteiger partial charge on any atom is 0.398 e. The highest BCUT2D eigenvalue weighted by atomic mass is 32.2. The van der Waals surface area contributed by atoms with Gasteiger partial charge in [-0.2, -0.15) is 24.9 Å². The van der Waals surface area contributed by atoms with Crippen LogP contribution in [-0.2, 0) is 9.59 Å². The molecule has 0 bridgehead atoms. The molecule has 0 aromatic rings. The molecule has 0 aliphatic rings. The molecule has 2 unspecified atom stereocenters. The lowest BCUT2D eigenvalue weighted by atomic mass is 10.1. The Kier molecular flexibility index (Phi) is 7.21. The van der Waals surface area contributed by atoms with Gasteiger partial charge in [0.05, 0.1) is 0 Å². The van der Waals surface area contributed by atoms with E-state index in [1.54, 1.807) is 0 Å². The average Bonchev–Trinajstić information content (AvgIpc) is 2.20. The van der Waals surface area contributed by atoms with Crippen LogP contribution in [0.3, 0.4) is 0 Å². The largest absolute Gasteiger partial charge is 0.480 e. The van der Waals surface area contributed by atoms with E-state index in [0.717, 1.165) is 11.8 Å². The number of nitrogens with two attached hydrogens (primary N) is 1. The van der Waals surface area contributed by atoms with Crippen molar-refractivity contribution in [2.24, 2.45) is 11.7 Å². The molecule has 17 heavy (non-hydrogen) atoms. The van der Waals surface area contributed by atoms with Gasteiger partial charge >= 0.3 is 12.1 Å². The van der Waals surface area contributed by atoms with E-state index in [0.29, 0.717) is 5.75 Å². The predicted octanol–water partition coefficient (Wildman–Crippen LogP) is 1.29. The Labute approximate surface area is 101 Å². The Hall–Kier alpha value is -0.760. The molecule has 0 spiro atoms. The second-order valence-corrected chi connectivity index (χ2v) is 4.64. The average molecular weight is 273 g/mol. The van der Waals surface area contributed by atoms with E-state index in [1.165, 1.54) is 0 Å². The van der Waals surface area contributed by atoms with E-state index in [4.69, 9.17) is 10.8 Å². The Bertz CT molecular complexity index is 260. The van der Waals surface area contributed by atoms with E-state index in [-0.39, 0.29) is 24.9 Å². The van der Waals surface area contributed by atoms with Crippen molar-refractivity contribution >= 4 is 24.0 Å². The second kappa shape index (κ2) is 7.54. The fourth-order valence-corrected chi connectivity index (χ4v) is 2.00. The third-order valence-corrected chi connectivity index (χ3v) is 3.10. The van der Waals surface area contributed by atoms with Gasteiger partial charge < -0.3 is 15.6 Å². The van der Waals surface area contributed by atoms with Crippen LogP contribution in [0, 0.1) is 5.92 Å². The van der Waals surface area contributed by atoms with Gasteiger partial charge in [-0.05, 0) is 24.3 Å². The molecule has 0 saturated heterocycles. The first-order chi connectivity index (χ1) is 7.79. The number of hydrogen-bond acceptors (Lipinski definition) is 4. The number of carbonyl (C=O) groups is 2. The molecular weight excluding hydrogens is 259 g/mol. The summed E-state index contributed by atoms with van der Waals surface area (Å²) in [6.07, 6.45) is -4.71. The highest BCUT2D eigenvalue weighted by Crippen LogP contribution is 2.28. The van der Waals surface area contributed by atoms with Crippen LogP contribution in [0.5, 0.6) is 0 Å². The van der Waals surface area contributed by atoms with E-state index in [1.807, 2.05) is 0 Å². The number of halogens is 3. The van der Waals surface area contributed by atoms with Crippen molar-refractivity contribution in [3.8, 4) is 0 Å². The lowest BCUT2D eigenvalue weighted by Crippen LogP contribution is -2.30. The zero-order valence-electron chi connectivity index (χ0n) is 8.94. The molecule has 100 valence electrons. The summed E-state index contributed by atoms with van der Waals surface area (Å²) in [4.78, 5) is 20.5. The van der Waals surface area contributed by atoms with Gasteiger partial charge in [0.1, 0.15) is 18.2 Å². The third kappa shape index (κ3) is 7.22. The molecule has 0 fully saturated rings. The molecule has 0 radical (unpaired) electrons. The Morgan fingerprint density at radius 1 is 1.35 bits per heavy atom. The molecule has 4 nitrogen and oxygen atoms in total. The molecule has 8 heteroatoms. The van der Waals surface area contributed by atoms with Crippen molar-refractivity contribution in [3.05, 3.63) is 0 Å². The second-order valence-electron chi connectivity index (χ2n) is 3.42. The minimum atomic E-state index is -4.50. The molecule has 0 amide bonds. The summed E-state index contributed by atoms with van der Waals surface area (Å²) in [6, 6.07) is -0.994. The first kappa shape index (κ1) is 16.2. The number of thioether (sulfide) groups is 1. The summed E-state index contributed by atoms with van der Waals surface area (Å²) in [6.45, 7) is 0. The topological polar surface area (TPSA) is 80.4 Å². The number of rotatable bonds is 8. The molecular formula is C9H14F3NO3S. The normalized spacial score (nSPS) is 15.3. The smallest absolute Gasteiger partial charge is 0.398 e. The van der Waals surface area contributed by atoms with Crippen LogP contribution in [0.2, 0.25) is 0 Å². The summed E-state index contributed by atoms with van der Waals surface area (Å²) < 4.78 is 36.4. The first-order valence-corrected chi connectivity index (χ1v) is 6.02. The molecule has 0 saturated carbocycles. The third-order valence-electron chi connectivity index (χ3n) is 2.05. The summed E-state index contributed by atoms with van der Waals surface area (Å²) in [7, 11) is 0. The van der Waals surface area contributed by atoms with Crippen LogP contribution in [0.15, 0.2) is 0 Å². The molecule has 0 aromatic heterocycles. The summed E-state index contributed by atoms with van der Waals surface area (Å²) in [5, 5.41) is 8.44. The van der Waals surface area contributed by atoms with Gasteiger partial charge in [0.2, 0.25) is 0 Å². The van der Waals surface area contributed by atoms with Gasteiger partial charge in [0, 0.05) is 0 Å². The van der Waals surface area contributed by atoms with E-state index < -0.39 is 24.1 Å². The van der Waals surface area contributed by atoms with Crippen molar-refractivity contribution in [1.82, 2.24) is 0 Å². The number of alkyl halides is 3. The molecule has 0 aliphatic heterocycles. The van der Waals surface area contributed by atoms with Crippen LogP contribution in [0.4, 0.5) is 13.2 Å². The standard InChI is InChI=1S/C9H14F3NO3S/c10-9(11,12)6(5-14)1-3-17-4-2-7(13)8(15)16/h5-7H,1-4,13H2,(H,15,16). The lowest BCUT2D eigenvalue weighted by Gasteiger charge is -2.13. The minimum absolute atomic E-state index is 0.108. The van der Waals surface area contributed by atoms with E-state index in [9.17, 15) is 22.8 Å². The number of aldehydes is 1. The van der Waals surface area contributed by atoms with Gasteiger partial charge in [-0.15, -0.1) is 0 Å². The van der Waals surface area contributed by atoms with Crippen molar-refractivity contribution in [2.45, 2.75) is 25.1 Å². The fraction of sp³-hybridized carbons (Fsp3) is 0.778. The lowest BCUT2D eigenvalue weighted by molar-refractivity contribution is -0.174. The van der Waals surface area contributed by atoms with Crippen molar-refractivity contribution in [3.63, 3.8) is 0 Å².